The molecule has 1 saturated heterocycles. The van der Waals surface area contributed by atoms with Crippen LogP contribution in [0, 0.1) is 6.92 Å². The molecule has 1 aliphatic carbocycles. The minimum absolute atomic E-state index is 0.102. The Bertz CT molecular complexity index is 1340. The number of anilines is 2. The maximum absolute atomic E-state index is 13.4. The highest BCUT2D eigenvalue weighted by molar-refractivity contribution is 6.00. The Labute approximate surface area is 217 Å². The smallest absolute Gasteiger partial charge is 0.262 e. The summed E-state index contributed by atoms with van der Waals surface area (Å²) in [5.74, 6) is 1.00. The van der Waals surface area contributed by atoms with Crippen LogP contribution in [0.2, 0.25) is 0 Å². The molecule has 0 amide bonds. The minimum atomic E-state index is -0.199. The molecule has 3 aromatic rings. The number of rotatable bonds is 7. The fourth-order valence-electron chi connectivity index (χ4n) is 5.77. The second kappa shape index (κ2) is 10.7. The van der Waals surface area contributed by atoms with Gasteiger partial charge in [0.15, 0.2) is 5.78 Å². The zero-order valence-electron chi connectivity index (χ0n) is 22.3. The number of piperazine rings is 1. The van der Waals surface area contributed by atoms with Crippen molar-refractivity contribution in [1.29, 1.82) is 0 Å². The lowest BCUT2D eigenvalue weighted by atomic mass is 10.0. The molecule has 0 atom stereocenters. The van der Waals surface area contributed by atoms with Crippen molar-refractivity contribution in [3.8, 4) is 0 Å². The van der Waals surface area contributed by atoms with E-state index in [4.69, 9.17) is 0 Å². The van der Waals surface area contributed by atoms with E-state index in [1.807, 2.05) is 23.8 Å². The fraction of sp³-hybridized carbons (Fsp3) is 0.536. The molecule has 0 spiro atoms. The van der Waals surface area contributed by atoms with Crippen LogP contribution < -0.4 is 10.9 Å². The lowest BCUT2D eigenvalue weighted by molar-refractivity contribution is 0.101. The number of aromatic nitrogens is 4. The summed E-state index contributed by atoms with van der Waals surface area (Å²) in [5, 5.41) is 4.09. The average Bonchev–Trinajstić information content (AvgIpc) is 3.40. The van der Waals surface area contributed by atoms with Gasteiger partial charge in [-0.1, -0.05) is 12.8 Å². The number of nitrogens with zero attached hydrogens (tertiary/aromatic N) is 6. The Morgan fingerprint density at radius 1 is 1.03 bits per heavy atom. The maximum Gasteiger partial charge on any atom is 0.262 e. The third kappa shape index (κ3) is 5.29. The van der Waals surface area contributed by atoms with Gasteiger partial charge in [-0.15, -0.1) is 0 Å². The molecule has 2 aliphatic rings. The maximum atomic E-state index is 13.4. The first-order chi connectivity index (χ1) is 17.8. The molecule has 1 saturated carbocycles. The van der Waals surface area contributed by atoms with E-state index in [2.05, 4.69) is 43.9 Å². The number of hydrogen-bond donors (Lipinski definition) is 1. The third-order valence-corrected chi connectivity index (χ3v) is 7.88. The van der Waals surface area contributed by atoms with Crippen LogP contribution in [-0.2, 0) is 6.54 Å². The summed E-state index contributed by atoms with van der Waals surface area (Å²) in [5.41, 5.74) is 2.52. The lowest BCUT2D eigenvalue weighted by Gasteiger charge is -2.36. The Morgan fingerprint density at radius 3 is 2.35 bits per heavy atom. The van der Waals surface area contributed by atoms with Crippen molar-refractivity contribution in [2.24, 2.45) is 0 Å². The summed E-state index contributed by atoms with van der Waals surface area (Å²) in [6.45, 7) is 12.8. The molecule has 37 heavy (non-hydrogen) atoms. The van der Waals surface area contributed by atoms with Crippen molar-refractivity contribution in [2.75, 3.05) is 31.5 Å². The number of hydrogen-bond acceptors (Lipinski definition) is 8. The van der Waals surface area contributed by atoms with Gasteiger partial charge in [-0.05, 0) is 46.1 Å². The number of fused-ring (bicyclic) bond motifs is 1. The normalized spacial score (nSPS) is 17.6. The Morgan fingerprint density at radius 2 is 1.73 bits per heavy atom. The van der Waals surface area contributed by atoms with Crippen LogP contribution >= 0.6 is 0 Å². The van der Waals surface area contributed by atoms with Crippen LogP contribution in [0.15, 0.2) is 29.5 Å². The summed E-state index contributed by atoms with van der Waals surface area (Å²) >= 11 is 0. The van der Waals surface area contributed by atoms with Crippen LogP contribution in [0.1, 0.15) is 74.1 Å². The standard InChI is InChI=1S/C28H37N7O2/c1-18(2)34-11-9-33(10-12-34)17-21-14-30-26(16-29-21)32-25-13-24-23(15-31-25)19(3)27(20(4)36)28(37)35(24)22-7-5-6-8-22/h13-16,18,22H,5-12,17H2,1-4H3,(H,30,31,32). The number of carbonyl (C=O) groups excluding carboxylic acids is 1. The average molecular weight is 504 g/mol. The summed E-state index contributed by atoms with van der Waals surface area (Å²) < 4.78 is 1.83. The van der Waals surface area contributed by atoms with Crippen molar-refractivity contribution in [1.82, 2.24) is 29.3 Å². The van der Waals surface area contributed by atoms with Gasteiger partial charge in [0.05, 0.1) is 29.2 Å². The highest BCUT2D eigenvalue weighted by Gasteiger charge is 2.25. The van der Waals surface area contributed by atoms with Gasteiger partial charge in [-0.25, -0.2) is 9.97 Å². The highest BCUT2D eigenvalue weighted by Crippen LogP contribution is 2.33. The monoisotopic (exact) mass is 503 g/mol. The number of Topliss-reactive ketones (excluding diaryl/α,β-unsaturated/α-hetero) is 1. The van der Waals surface area contributed by atoms with Gasteiger partial charge < -0.3 is 9.88 Å². The van der Waals surface area contributed by atoms with Crippen LogP contribution in [0.5, 0.6) is 0 Å². The van der Waals surface area contributed by atoms with Crippen molar-refractivity contribution < 1.29 is 4.79 Å². The Balaban J connectivity index is 1.36. The predicted molar refractivity (Wildman–Crippen MR) is 146 cm³/mol. The zero-order valence-corrected chi connectivity index (χ0v) is 22.3. The lowest BCUT2D eigenvalue weighted by Crippen LogP contribution is -2.48. The van der Waals surface area contributed by atoms with Gasteiger partial charge in [0.2, 0.25) is 0 Å². The molecule has 0 unspecified atom stereocenters. The molecule has 1 aliphatic heterocycles. The molecular formula is C28H37N7O2. The van der Waals surface area contributed by atoms with Gasteiger partial charge in [0, 0.05) is 62.5 Å². The molecule has 5 rings (SSSR count). The molecule has 2 fully saturated rings. The molecule has 3 aromatic heterocycles. The largest absolute Gasteiger partial charge is 0.324 e. The van der Waals surface area contributed by atoms with E-state index >= 15 is 0 Å². The van der Waals surface area contributed by atoms with E-state index in [0.717, 1.165) is 75.0 Å². The zero-order chi connectivity index (χ0) is 26.1. The van der Waals surface area contributed by atoms with Crippen molar-refractivity contribution in [2.45, 2.75) is 72.0 Å². The number of pyridine rings is 2. The molecule has 196 valence electrons. The predicted octanol–water partition coefficient (Wildman–Crippen LogP) is 4.08. The third-order valence-electron chi connectivity index (χ3n) is 7.88. The summed E-state index contributed by atoms with van der Waals surface area (Å²) in [6, 6.07) is 2.59. The van der Waals surface area contributed by atoms with E-state index in [1.165, 1.54) is 6.92 Å². The van der Waals surface area contributed by atoms with E-state index in [1.54, 1.807) is 12.4 Å². The SMILES string of the molecule is CC(=O)c1c(C)c2cnc(Nc3cnc(CN4CCN(C(C)C)CC4)cn3)cc2n(C2CCCC2)c1=O. The molecule has 4 heterocycles. The van der Waals surface area contributed by atoms with Crippen molar-refractivity contribution in [3.63, 3.8) is 0 Å². The Hall–Kier alpha value is -3.17. The fourth-order valence-corrected chi connectivity index (χ4v) is 5.77. The number of aryl methyl sites for hydroxylation is 1. The van der Waals surface area contributed by atoms with Gasteiger partial charge in [0.25, 0.3) is 5.56 Å². The van der Waals surface area contributed by atoms with E-state index in [9.17, 15) is 9.59 Å². The first-order valence-corrected chi connectivity index (χ1v) is 13.4. The van der Waals surface area contributed by atoms with Crippen LogP contribution in [0.25, 0.3) is 10.9 Å². The number of nitrogens with one attached hydrogen (secondary N) is 1. The minimum Gasteiger partial charge on any atom is -0.324 e. The second-order valence-electron chi connectivity index (χ2n) is 10.7. The molecule has 9 heteroatoms. The molecular weight excluding hydrogens is 466 g/mol. The van der Waals surface area contributed by atoms with Crippen LogP contribution in [0.3, 0.4) is 0 Å². The summed E-state index contributed by atoms with van der Waals surface area (Å²) in [6.07, 6.45) is 9.37. The molecule has 9 nitrogen and oxygen atoms in total. The van der Waals surface area contributed by atoms with E-state index in [-0.39, 0.29) is 22.9 Å². The van der Waals surface area contributed by atoms with Crippen molar-refractivity contribution >= 4 is 28.3 Å². The number of ketones is 1. The van der Waals surface area contributed by atoms with Crippen molar-refractivity contribution in [3.05, 3.63) is 51.8 Å². The van der Waals surface area contributed by atoms with Crippen LogP contribution in [0.4, 0.5) is 11.6 Å². The summed E-state index contributed by atoms with van der Waals surface area (Å²) in [4.78, 5) is 44.5. The van der Waals surface area contributed by atoms with Gasteiger partial charge in [0.1, 0.15) is 11.6 Å². The van der Waals surface area contributed by atoms with Gasteiger partial charge >= 0.3 is 0 Å². The van der Waals surface area contributed by atoms with Gasteiger partial charge in [-0.2, -0.15) is 0 Å². The number of carbonyl (C=O) groups is 1. The molecule has 0 radical (unpaired) electrons. The second-order valence-corrected chi connectivity index (χ2v) is 10.7. The summed E-state index contributed by atoms with van der Waals surface area (Å²) in [7, 11) is 0. The molecule has 0 bridgehead atoms. The first kappa shape index (κ1) is 25.5. The first-order valence-electron chi connectivity index (χ1n) is 13.4. The van der Waals surface area contributed by atoms with E-state index in [0.29, 0.717) is 23.2 Å². The van der Waals surface area contributed by atoms with Gasteiger partial charge in [-0.3, -0.25) is 24.4 Å². The Kier molecular flexibility index (Phi) is 7.35. The molecule has 0 aromatic carbocycles. The highest BCUT2D eigenvalue weighted by atomic mass is 16.1. The topological polar surface area (TPSA) is 96.2 Å². The van der Waals surface area contributed by atoms with Crippen LogP contribution in [-0.4, -0.2) is 67.3 Å². The quantitative estimate of drug-likeness (QED) is 0.482. The van der Waals surface area contributed by atoms with E-state index < -0.39 is 0 Å². The molecule has 1 N–H and O–H groups in total.